The van der Waals surface area contributed by atoms with E-state index in [1.165, 1.54) is 36.0 Å². The first-order chi connectivity index (χ1) is 11.1. The molecule has 2 aliphatic rings. The molecule has 0 radical (unpaired) electrons. The number of halogens is 2. The molecule has 1 atom stereocenters. The van der Waals surface area contributed by atoms with E-state index in [2.05, 4.69) is 47.6 Å². The fourth-order valence-electron chi connectivity index (χ4n) is 3.84. The number of carbonyl (C=O) groups is 1. The van der Waals surface area contributed by atoms with Crippen LogP contribution in [0.2, 0.25) is 0 Å². The maximum atomic E-state index is 12.7. The summed E-state index contributed by atoms with van der Waals surface area (Å²) in [6, 6.07) is 6.55. The quantitative estimate of drug-likeness (QED) is 0.814. The molecule has 2 N–H and O–H groups in total. The fourth-order valence-corrected chi connectivity index (χ4v) is 3.84. The summed E-state index contributed by atoms with van der Waals surface area (Å²) in [4.78, 5) is 15.1. The average molecular weight is 388 g/mol. The molecule has 1 unspecified atom stereocenters. The highest BCUT2D eigenvalue weighted by atomic mass is 35.5. The van der Waals surface area contributed by atoms with E-state index in [-0.39, 0.29) is 36.8 Å². The summed E-state index contributed by atoms with van der Waals surface area (Å²) in [5, 5.41) is 6.53. The maximum absolute atomic E-state index is 12.7. The number of rotatable bonds is 5. The van der Waals surface area contributed by atoms with Crippen LogP contribution < -0.4 is 10.6 Å². The van der Waals surface area contributed by atoms with Gasteiger partial charge >= 0.3 is 0 Å². The third-order valence-electron chi connectivity index (χ3n) is 5.05. The number of benzene rings is 1. The van der Waals surface area contributed by atoms with E-state index in [1.54, 1.807) is 0 Å². The van der Waals surface area contributed by atoms with Crippen LogP contribution in [-0.4, -0.2) is 29.9 Å². The lowest BCUT2D eigenvalue weighted by molar-refractivity contribution is -0.128. The molecule has 1 aromatic rings. The molecule has 2 aliphatic heterocycles. The third kappa shape index (κ3) is 5.58. The van der Waals surface area contributed by atoms with E-state index in [0.717, 1.165) is 26.2 Å². The van der Waals surface area contributed by atoms with Gasteiger partial charge in [-0.15, -0.1) is 24.8 Å². The van der Waals surface area contributed by atoms with Gasteiger partial charge in [-0.25, -0.2) is 0 Å². The monoisotopic (exact) mass is 387 g/mol. The van der Waals surface area contributed by atoms with Crippen molar-refractivity contribution < 1.29 is 4.79 Å². The van der Waals surface area contributed by atoms with Crippen LogP contribution in [0.3, 0.4) is 0 Å². The number of fused-ring (bicyclic) bond motifs is 1. The van der Waals surface area contributed by atoms with Crippen LogP contribution in [0.15, 0.2) is 18.2 Å². The molecular formula is C19H31Cl2N3O. The van der Waals surface area contributed by atoms with Crippen LogP contribution in [0.25, 0.3) is 0 Å². The first kappa shape index (κ1) is 22.2. The van der Waals surface area contributed by atoms with E-state index in [9.17, 15) is 4.79 Å². The van der Waals surface area contributed by atoms with Gasteiger partial charge in [-0.2, -0.15) is 0 Å². The van der Waals surface area contributed by atoms with Crippen molar-refractivity contribution in [3.63, 3.8) is 0 Å². The largest absolute Gasteiger partial charge is 0.351 e. The molecule has 0 spiro atoms. The van der Waals surface area contributed by atoms with Gasteiger partial charge in [0.05, 0.1) is 6.04 Å². The second-order valence-corrected chi connectivity index (χ2v) is 7.21. The minimum Gasteiger partial charge on any atom is -0.351 e. The zero-order chi connectivity index (χ0) is 16.2. The molecule has 2 heterocycles. The second kappa shape index (κ2) is 10.4. The van der Waals surface area contributed by atoms with Crippen LogP contribution in [0.4, 0.5) is 0 Å². The summed E-state index contributed by atoms with van der Waals surface area (Å²) in [7, 11) is 0. The summed E-state index contributed by atoms with van der Waals surface area (Å²) in [6.45, 7) is 8.95. The molecule has 0 saturated carbocycles. The van der Waals surface area contributed by atoms with Crippen molar-refractivity contribution in [2.45, 2.75) is 58.8 Å². The van der Waals surface area contributed by atoms with Gasteiger partial charge < -0.3 is 10.6 Å². The second-order valence-electron chi connectivity index (χ2n) is 7.21. The number of amides is 1. The molecule has 4 nitrogen and oxygen atoms in total. The van der Waals surface area contributed by atoms with E-state index in [4.69, 9.17) is 0 Å². The average Bonchev–Trinajstić information content (AvgIpc) is 3.01. The highest BCUT2D eigenvalue weighted by molar-refractivity contribution is 5.85. The van der Waals surface area contributed by atoms with Gasteiger partial charge in [0.15, 0.2) is 0 Å². The van der Waals surface area contributed by atoms with E-state index in [0.29, 0.717) is 12.5 Å². The van der Waals surface area contributed by atoms with Crippen LogP contribution in [0.1, 0.15) is 49.8 Å². The third-order valence-corrected chi connectivity index (χ3v) is 5.05. The zero-order valence-corrected chi connectivity index (χ0v) is 16.8. The Morgan fingerprint density at radius 2 is 1.80 bits per heavy atom. The van der Waals surface area contributed by atoms with Gasteiger partial charge in [0, 0.05) is 19.6 Å². The molecule has 1 amide bonds. The predicted octanol–water partition coefficient (Wildman–Crippen LogP) is 3.26. The first-order valence-electron chi connectivity index (χ1n) is 8.98. The predicted molar refractivity (Wildman–Crippen MR) is 107 cm³/mol. The smallest absolute Gasteiger partial charge is 0.237 e. The highest BCUT2D eigenvalue weighted by Gasteiger charge is 2.29. The van der Waals surface area contributed by atoms with Gasteiger partial charge in [-0.05, 0) is 48.5 Å². The Kier molecular flexibility index (Phi) is 9.22. The number of carbonyl (C=O) groups excluding carboxylic acids is 1. The molecule has 1 aromatic carbocycles. The Bertz CT molecular complexity index is 560. The number of hydrogen-bond acceptors (Lipinski definition) is 3. The van der Waals surface area contributed by atoms with Crippen molar-refractivity contribution in [3.05, 3.63) is 34.9 Å². The van der Waals surface area contributed by atoms with Gasteiger partial charge in [0.2, 0.25) is 5.91 Å². The summed E-state index contributed by atoms with van der Waals surface area (Å²) in [6.07, 6.45) is 3.73. The lowest BCUT2D eigenvalue weighted by Gasteiger charge is -2.35. The van der Waals surface area contributed by atoms with Crippen molar-refractivity contribution in [2.75, 3.05) is 13.1 Å². The standard InChI is InChI=1S/C19H29N3O.2ClH/c1-14(2)18(22-8-4-3-5-9-22)19(23)21-11-15-6-7-16-12-20-13-17(16)10-15;;/h6-7,10,14,18,20H,3-5,8-9,11-13H2,1-2H3,(H,21,23);2*1H. The van der Waals surface area contributed by atoms with Crippen molar-refractivity contribution >= 4 is 30.7 Å². The fraction of sp³-hybridized carbons (Fsp3) is 0.632. The van der Waals surface area contributed by atoms with Gasteiger partial charge in [-0.1, -0.05) is 38.5 Å². The maximum Gasteiger partial charge on any atom is 0.237 e. The summed E-state index contributed by atoms with van der Waals surface area (Å²) >= 11 is 0. The number of hydrogen-bond donors (Lipinski definition) is 2. The Labute approximate surface area is 163 Å². The van der Waals surface area contributed by atoms with Crippen LogP contribution in [-0.2, 0) is 24.4 Å². The lowest BCUT2D eigenvalue weighted by atomic mass is 9.98. The molecule has 3 rings (SSSR count). The normalized spacial score (nSPS) is 18.0. The summed E-state index contributed by atoms with van der Waals surface area (Å²) in [5.74, 6) is 0.526. The molecule has 25 heavy (non-hydrogen) atoms. The number of piperidine rings is 1. The zero-order valence-electron chi connectivity index (χ0n) is 15.2. The minimum absolute atomic E-state index is 0. The molecule has 0 aromatic heterocycles. The number of nitrogens with zero attached hydrogens (tertiary/aromatic N) is 1. The first-order valence-corrected chi connectivity index (χ1v) is 8.98. The van der Waals surface area contributed by atoms with Crippen molar-refractivity contribution in [2.24, 2.45) is 5.92 Å². The Hall–Kier alpha value is -0.810. The molecule has 1 fully saturated rings. The van der Waals surface area contributed by atoms with Gasteiger partial charge in [-0.3, -0.25) is 9.69 Å². The molecule has 0 aliphatic carbocycles. The van der Waals surface area contributed by atoms with E-state index in [1.807, 2.05) is 0 Å². The van der Waals surface area contributed by atoms with Gasteiger partial charge in [0.25, 0.3) is 0 Å². The molecule has 0 bridgehead atoms. The number of nitrogens with one attached hydrogen (secondary N) is 2. The van der Waals surface area contributed by atoms with Crippen LogP contribution in [0, 0.1) is 5.92 Å². The molecule has 6 heteroatoms. The Morgan fingerprint density at radius 3 is 2.48 bits per heavy atom. The topological polar surface area (TPSA) is 44.4 Å². The van der Waals surface area contributed by atoms with E-state index < -0.39 is 0 Å². The number of likely N-dealkylation sites (tertiary alicyclic amines) is 1. The van der Waals surface area contributed by atoms with Gasteiger partial charge in [0.1, 0.15) is 0 Å². The lowest BCUT2D eigenvalue weighted by Crippen LogP contribution is -2.51. The summed E-state index contributed by atoms with van der Waals surface area (Å²) < 4.78 is 0. The SMILES string of the molecule is CC(C)C(C(=O)NCc1ccc2c(c1)CNC2)N1CCCCC1.Cl.Cl. The van der Waals surface area contributed by atoms with Crippen molar-refractivity contribution in [1.29, 1.82) is 0 Å². The Balaban J connectivity index is 0.00000156. The molecular weight excluding hydrogens is 357 g/mol. The van der Waals surface area contributed by atoms with E-state index >= 15 is 0 Å². The molecule has 142 valence electrons. The summed E-state index contributed by atoms with van der Waals surface area (Å²) in [5.41, 5.74) is 3.95. The van der Waals surface area contributed by atoms with Crippen molar-refractivity contribution in [1.82, 2.24) is 15.5 Å². The molecule has 1 saturated heterocycles. The van der Waals surface area contributed by atoms with Crippen LogP contribution in [0.5, 0.6) is 0 Å². The Morgan fingerprint density at radius 1 is 1.12 bits per heavy atom. The van der Waals surface area contributed by atoms with Crippen molar-refractivity contribution in [3.8, 4) is 0 Å². The van der Waals surface area contributed by atoms with Crippen LogP contribution >= 0.6 is 24.8 Å². The highest BCUT2D eigenvalue weighted by Crippen LogP contribution is 2.19. The minimum atomic E-state index is 0.